The number of para-hydroxylation sites is 1. The van der Waals surface area contributed by atoms with Crippen molar-refractivity contribution in [2.45, 2.75) is 26.7 Å². The molecule has 0 saturated carbocycles. The molecule has 5 rings (SSSR count). The predicted molar refractivity (Wildman–Crippen MR) is 134 cm³/mol. The number of piperidine rings is 1. The lowest BCUT2D eigenvalue weighted by Crippen LogP contribution is -2.41. The summed E-state index contributed by atoms with van der Waals surface area (Å²) in [6.07, 6.45) is 3.77. The maximum absolute atomic E-state index is 14.0. The number of rotatable bonds is 5. The Morgan fingerprint density at radius 2 is 1.85 bits per heavy atom. The average Bonchev–Trinajstić information content (AvgIpc) is 3.15. The van der Waals surface area contributed by atoms with Crippen molar-refractivity contribution in [3.05, 3.63) is 77.6 Å². The lowest BCUT2D eigenvalue weighted by Gasteiger charge is -2.33. The van der Waals surface area contributed by atoms with Crippen molar-refractivity contribution in [3.63, 3.8) is 0 Å². The van der Waals surface area contributed by atoms with Gasteiger partial charge in [0.15, 0.2) is 5.65 Å². The molecule has 0 spiro atoms. The molecule has 34 heavy (non-hydrogen) atoms. The second-order valence-electron chi connectivity index (χ2n) is 9.17. The summed E-state index contributed by atoms with van der Waals surface area (Å²) in [6.45, 7) is 5.99. The van der Waals surface area contributed by atoms with E-state index in [2.05, 4.69) is 18.0 Å². The normalized spacial score (nSPS) is 16.1. The van der Waals surface area contributed by atoms with Gasteiger partial charge in [-0.25, -0.2) is 9.97 Å². The predicted octanol–water partition coefficient (Wildman–Crippen LogP) is 5.18. The van der Waals surface area contributed by atoms with Gasteiger partial charge in [-0.15, -0.1) is 0 Å². The van der Waals surface area contributed by atoms with E-state index < -0.39 is 0 Å². The minimum atomic E-state index is 0.0185. The average molecular weight is 455 g/mol. The zero-order chi connectivity index (χ0) is 23.7. The molecule has 1 fully saturated rings. The first-order chi connectivity index (χ1) is 16.5. The van der Waals surface area contributed by atoms with Gasteiger partial charge >= 0.3 is 0 Å². The molecule has 6 heteroatoms. The van der Waals surface area contributed by atoms with Crippen LogP contribution in [0, 0.1) is 19.8 Å². The number of ether oxygens (including phenoxy) is 1. The molecule has 1 unspecified atom stereocenters. The number of hydrogen-bond donors (Lipinski definition) is 0. The van der Waals surface area contributed by atoms with Gasteiger partial charge in [-0.1, -0.05) is 48.5 Å². The highest BCUT2D eigenvalue weighted by atomic mass is 16.5. The third kappa shape index (κ3) is 4.16. The molecule has 0 bridgehead atoms. The topological polar surface area (TPSA) is 60.3 Å². The van der Waals surface area contributed by atoms with Crippen molar-refractivity contribution >= 4 is 17.1 Å². The number of aromatic nitrogens is 3. The van der Waals surface area contributed by atoms with Crippen molar-refractivity contribution < 1.29 is 9.53 Å². The highest BCUT2D eigenvalue weighted by Gasteiger charge is 2.31. The molecule has 0 radical (unpaired) electrons. The smallest absolute Gasteiger partial charge is 0.258 e. The number of likely N-dealkylation sites (tertiary alicyclic amines) is 1. The number of hydrogen-bond acceptors (Lipinski definition) is 4. The van der Waals surface area contributed by atoms with E-state index in [0.717, 1.165) is 53.3 Å². The highest BCUT2D eigenvalue weighted by molar-refractivity contribution is 6.10. The van der Waals surface area contributed by atoms with Gasteiger partial charge in [0, 0.05) is 26.1 Å². The molecule has 6 nitrogen and oxygen atoms in total. The minimum absolute atomic E-state index is 0.0185. The Morgan fingerprint density at radius 1 is 1.09 bits per heavy atom. The summed E-state index contributed by atoms with van der Waals surface area (Å²) in [5.74, 6) is 1.22. The molecule has 0 N–H and O–H groups in total. The zero-order valence-electron chi connectivity index (χ0n) is 20.0. The Morgan fingerprint density at radius 3 is 2.65 bits per heavy atom. The number of amides is 1. The van der Waals surface area contributed by atoms with E-state index in [1.165, 1.54) is 0 Å². The van der Waals surface area contributed by atoms with Gasteiger partial charge in [-0.2, -0.15) is 0 Å². The lowest BCUT2D eigenvalue weighted by atomic mass is 9.97. The van der Waals surface area contributed by atoms with Gasteiger partial charge in [0.25, 0.3) is 5.91 Å². The largest absolute Gasteiger partial charge is 0.493 e. The van der Waals surface area contributed by atoms with Crippen LogP contribution in [0.3, 0.4) is 0 Å². The van der Waals surface area contributed by atoms with Crippen LogP contribution in [0.1, 0.15) is 34.5 Å². The van der Waals surface area contributed by atoms with E-state index in [-0.39, 0.29) is 5.91 Å². The molecule has 1 atom stereocenters. The van der Waals surface area contributed by atoms with Crippen LogP contribution < -0.4 is 4.74 Å². The van der Waals surface area contributed by atoms with Gasteiger partial charge < -0.3 is 14.2 Å². The van der Waals surface area contributed by atoms with Crippen LogP contribution in [0.2, 0.25) is 0 Å². The maximum atomic E-state index is 14.0. The summed E-state index contributed by atoms with van der Waals surface area (Å²) >= 11 is 0. The first kappa shape index (κ1) is 22.1. The number of fused-ring (bicyclic) bond motifs is 1. The fourth-order valence-electron chi connectivity index (χ4n) is 4.88. The van der Waals surface area contributed by atoms with Crippen LogP contribution in [0.25, 0.3) is 22.4 Å². The zero-order valence-corrected chi connectivity index (χ0v) is 20.0. The summed E-state index contributed by atoms with van der Waals surface area (Å²) in [5, 5.41) is 0. The van der Waals surface area contributed by atoms with Crippen LogP contribution >= 0.6 is 0 Å². The van der Waals surface area contributed by atoms with Crippen LogP contribution in [0.5, 0.6) is 5.75 Å². The van der Waals surface area contributed by atoms with E-state index in [9.17, 15) is 4.79 Å². The Kier molecular flexibility index (Phi) is 6.05. The molecular weight excluding hydrogens is 424 g/mol. The second kappa shape index (κ2) is 9.29. The van der Waals surface area contributed by atoms with Crippen molar-refractivity contribution in [2.75, 3.05) is 19.7 Å². The van der Waals surface area contributed by atoms with Crippen molar-refractivity contribution in [1.29, 1.82) is 0 Å². The summed E-state index contributed by atoms with van der Waals surface area (Å²) in [4.78, 5) is 25.3. The molecule has 0 aliphatic carbocycles. The monoisotopic (exact) mass is 454 g/mol. The third-order valence-electron chi connectivity index (χ3n) is 6.64. The van der Waals surface area contributed by atoms with Gasteiger partial charge in [0.05, 0.1) is 29.8 Å². The summed E-state index contributed by atoms with van der Waals surface area (Å²) in [6, 6.07) is 18.1. The van der Waals surface area contributed by atoms with Crippen LogP contribution in [-0.4, -0.2) is 45.0 Å². The molecule has 1 saturated heterocycles. The standard InChI is InChI=1S/C28H30N4O2/c1-19-10-7-8-14-23(19)34-18-21-11-9-15-32(17-21)28(33)24-25-27(29-16-20(2)30-25)31(3)26(24)22-12-5-4-6-13-22/h4-8,10,12-14,16,21H,9,11,15,17-18H2,1-3H3. The van der Waals surface area contributed by atoms with Crippen molar-refractivity contribution in [2.24, 2.45) is 13.0 Å². The molecule has 2 aromatic carbocycles. The van der Waals surface area contributed by atoms with E-state index in [1.54, 1.807) is 6.20 Å². The first-order valence-corrected chi connectivity index (χ1v) is 11.9. The Hall–Kier alpha value is -3.67. The van der Waals surface area contributed by atoms with Gasteiger partial charge in [0.1, 0.15) is 11.3 Å². The van der Waals surface area contributed by atoms with Gasteiger partial charge in [-0.05, 0) is 43.9 Å². The first-order valence-electron chi connectivity index (χ1n) is 11.9. The fraction of sp³-hybridized carbons (Fsp3) is 0.321. The maximum Gasteiger partial charge on any atom is 0.258 e. The molecule has 3 heterocycles. The number of nitrogens with zero attached hydrogens (tertiary/aromatic N) is 4. The number of aryl methyl sites for hydroxylation is 3. The molecule has 1 amide bonds. The molecule has 1 aliphatic rings. The molecule has 4 aromatic rings. The van der Waals surface area contributed by atoms with E-state index in [1.807, 2.05) is 72.0 Å². The minimum Gasteiger partial charge on any atom is -0.493 e. The van der Waals surface area contributed by atoms with Crippen LogP contribution in [-0.2, 0) is 7.05 Å². The van der Waals surface area contributed by atoms with E-state index >= 15 is 0 Å². The Bertz CT molecular complexity index is 1330. The number of benzene rings is 2. The highest BCUT2D eigenvalue weighted by Crippen LogP contribution is 2.33. The van der Waals surface area contributed by atoms with Crippen LogP contribution in [0.4, 0.5) is 0 Å². The molecule has 2 aromatic heterocycles. The summed E-state index contributed by atoms with van der Waals surface area (Å²) in [5.41, 5.74) is 5.82. The SMILES string of the molecule is Cc1cnc2c(n1)c(C(=O)N1CCCC(COc3ccccc3C)C1)c(-c1ccccc1)n2C. The fourth-order valence-corrected chi connectivity index (χ4v) is 4.88. The van der Waals surface area contributed by atoms with Gasteiger partial charge in [-0.3, -0.25) is 4.79 Å². The van der Waals surface area contributed by atoms with Crippen molar-refractivity contribution in [1.82, 2.24) is 19.4 Å². The molecule has 174 valence electrons. The summed E-state index contributed by atoms with van der Waals surface area (Å²) in [7, 11) is 1.96. The molecular formula is C28H30N4O2. The quantitative estimate of drug-likeness (QED) is 0.417. The third-order valence-corrected chi connectivity index (χ3v) is 6.64. The summed E-state index contributed by atoms with van der Waals surface area (Å²) < 4.78 is 8.12. The molecule has 1 aliphatic heterocycles. The Labute approximate surface area is 200 Å². The van der Waals surface area contributed by atoms with Gasteiger partial charge in [0.2, 0.25) is 0 Å². The number of carbonyl (C=O) groups is 1. The van der Waals surface area contributed by atoms with E-state index in [0.29, 0.717) is 30.1 Å². The van der Waals surface area contributed by atoms with E-state index in [4.69, 9.17) is 9.72 Å². The van der Waals surface area contributed by atoms with Crippen molar-refractivity contribution in [3.8, 4) is 17.0 Å². The number of carbonyl (C=O) groups excluding carboxylic acids is 1. The van der Waals surface area contributed by atoms with Crippen LogP contribution in [0.15, 0.2) is 60.8 Å². The Balaban J connectivity index is 1.46. The lowest BCUT2D eigenvalue weighted by molar-refractivity contribution is 0.0635. The second-order valence-corrected chi connectivity index (χ2v) is 9.17.